The minimum atomic E-state index is -1.37. The molecule has 4 heteroatoms. The molecule has 1 aromatic carbocycles. The van der Waals surface area contributed by atoms with Gasteiger partial charge >= 0.3 is 0 Å². The molecule has 20 heavy (non-hydrogen) atoms. The zero-order valence-electron chi connectivity index (χ0n) is 12.3. The van der Waals surface area contributed by atoms with E-state index in [9.17, 15) is 14.3 Å². The van der Waals surface area contributed by atoms with Gasteiger partial charge in [0.15, 0.2) is 0 Å². The lowest BCUT2D eigenvalue weighted by Gasteiger charge is -2.39. The Kier molecular flexibility index (Phi) is 4.14. The van der Waals surface area contributed by atoms with E-state index in [2.05, 4.69) is 0 Å². The van der Waals surface area contributed by atoms with Gasteiger partial charge in [-0.25, -0.2) is 4.39 Å². The number of aryl methyl sites for hydroxylation is 1. The zero-order valence-corrected chi connectivity index (χ0v) is 12.3. The number of rotatable bonds is 2. The molecule has 0 radical (unpaired) electrons. The van der Waals surface area contributed by atoms with E-state index in [-0.39, 0.29) is 17.8 Å². The number of aliphatic hydroxyl groups is 1. The van der Waals surface area contributed by atoms with E-state index < -0.39 is 5.60 Å². The van der Waals surface area contributed by atoms with Crippen molar-refractivity contribution in [2.45, 2.75) is 51.7 Å². The summed E-state index contributed by atoms with van der Waals surface area (Å²) in [6.45, 7) is 5.53. The summed E-state index contributed by atoms with van der Waals surface area (Å²) in [5.41, 5.74) is 0.456. The molecule has 0 bridgehead atoms. The van der Waals surface area contributed by atoms with Crippen molar-refractivity contribution in [2.24, 2.45) is 0 Å². The highest BCUT2D eigenvalue weighted by Crippen LogP contribution is 2.34. The molecule has 110 valence electrons. The van der Waals surface area contributed by atoms with Gasteiger partial charge in [0.05, 0.1) is 6.04 Å². The van der Waals surface area contributed by atoms with Crippen LogP contribution in [0.4, 0.5) is 4.39 Å². The normalized spacial score (nSPS) is 20.1. The first-order valence-corrected chi connectivity index (χ1v) is 7.10. The molecule has 1 amide bonds. The summed E-state index contributed by atoms with van der Waals surface area (Å²) in [7, 11) is 0. The highest BCUT2D eigenvalue weighted by molar-refractivity contribution is 5.84. The summed E-state index contributed by atoms with van der Waals surface area (Å²) >= 11 is 0. The van der Waals surface area contributed by atoms with Crippen LogP contribution in [-0.2, 0) is 4.79 Å². The average molecular weight is 279 g/mol. The molecule has 1 atom stereocenters. The third-order valence-corrected chi connectivity index (χ3v) is 3.88. The van der Waals surface area contributed by atoms with Crippen molar-refractivity contribution in [3.05, 3.63) is 35.1 Å². The van der Waals surface area contributed by atoms with Crippen LogP contribution >= 0.6 is 0 Å². The second kappa shape index (κ2) is 5.52. The predicted octanol–water partition coefficient (Wildman–Crippen LogP) is 2.96. The number of likely N-dealkylation sites (tertiary alicyclic amines) is 1. The first kappa shape index (κ1) is 15.0. The molecule has 0 aliphatic carbocycles. The number of halogens is 1. The van der Waals surface area contributed by atoms with Crippen LogP contribution in [0, 0.1) is 12.7 Å². The summed E-state index contributed by atoms with van der Waals surface area (Å²) in [5, 5.41) is 9.97. The van der Waals surface area contributed by atoms with Gasteiger partial charge in [-0.3, -0.25) is 4.79 Å². The fourth-order valence-corrected chi connectivity index (χ4v) is 2.86. The minimum absolute atomic E-state index is 0.0664. The highest BCUT2D eigenvalue weighted by atomic mass is 19.1. The number of piperidine rings is 1. The molecule has 0 aromatic heterocycles. The van der Waals surface area contributed by atoms with Crippen LogP contribution in [-0.4, -0.2) is 28.1 Å². The molecule has 0 spiro atoms. The van der Waals surface area contributed by atoms with E-state index in [4.69, 9.17) is 0 Å². The third kappa shape index (κ3) is 3.01. The van der Waals surface area contributed by atoms with Crippen molar-refractivity contribution in [1.29, 1.82) is 0 Å². The van der Waals surface area contributed by atoms with Crippen molar-refractivity contribution in [2.75, 3.05) is 6.54 Å². The number of amides is 1. The Morgan fingerprint density at radius 1 is 1.40 bits per heavy atom. The maximum absolute atomic E-state index is 13.2. The Morgan fingerprint density at radius 3 is 2.70 bits per heavy atom. The smallest absolute Gasteiger partial charge is 0.254 e. The lowest BCUT2D eigenvalue weighted by Crippen LogP contribution is -2.48. The predicted molar refractivity (Wildman–Crippen MR) is 75.7 cm³/mol. The van der Waals surface area contributed by atoms with Crippen molar-refractivity contribution in [3.8, 4) is 0 Å². The quantitative estimate of drug-likeness (QED) is 0.904. The van der Waals surface area contributed by atoms with Crippen molar-refractivity contribution >= 4 is 5.91 Å². The first-order valence-electron chi connectivity index (χ1n) is 7.10. The van der Waals surface area contributed by atoms with Gasteiger partial charge in [0.2, 0.25) is 0 Å². The topological polar surface area (TPSA) is 40.5 Å². The fourth-order valence-electron chi connectivity index (χ4n) is 2.86. The Labute approximate surface area is 119 Å². The Hall–Kier alpha value is -1.42. The molecular formula is C16H22FNO2. The standard InChI is InChI=1S/C16H22FNO2/c1-11-10-12(17)7-8-13(11)14-6-4-5-9-18(14)15(19)16(2,3)20/h7-8,10,14,20H,4-6,9H2,1-3H3. The molecule has 1 heterocycles. The van der Waals surface area contributed by atoms with Crippen LogP contribution in [0.2, 0.25) is 0 Å². The summed E-state index contributed by atoms with van der Waals surface area (Å²) in [6, 6.07) is 4.62. The molecule has 1 saturated heterocycles. The van der Waals surface area contributed by atoms with E-state index in [1.165, 1.54) is 26.0 Å². The summed E-state index contributed by atoms with van der Waals surface area (Å²) in [4.78, 5) is 14.1. The number of nitrogens with zero attached hydrogens (tertiary/aromatic N) is 1. The minimum Gasteiger partial charge on any atom is -0.381 e. The SMILES string of the molecule is Cc1cc(F)ccc1C1CCCCN1C(=O)C(C)(C)O. The van der Waals surface area contributed by atoms with Gasteiger partial charge < -0.3 is 10.0 Å². The lowest BCUT2D eigenvalue weighted by molar-refractivity contribution is -0.152. The second-order valence-electron chi connectivity index (χ2n) is 6.07. The van der Waals surface area contributed by atoms with E-state index in [1.807, 2.05) is 6.92 Å². The number of hydrogen-bond donors (Lipinski definition) is 1. The largest absolute Gasteiger partial charge is 0.381 e. The van der Waals surface area contributed by atoms with E-state index in [1.54, 1.807) is 11.0 Å². The number of carbonyl (C=O) groups excluding carboxylic acids is 1. The Bertz CT molecular complexity index is 508. The Balaban J connectivity index is 2.34. The zero-order chi connectivity index (χ0) is 14.9. The first-order chi connectivity index (χ1) is 9.30. The fraction of sp³-hybridized carbons (Fsp3) is 0.562. The van der Waals surface area contributed by atoms with E-state index in [0.29, 0.717) is 6.54 Å². The third-order valence-electron chi connectivity index (χ3n) is 3.88. The number of carbonyl (C=O) groups is 1. The molecule has 1 unspecified atom stereocenters. The summed E-state index contributed by atoms with van der Waals surface area (Å²) in [6.07, 6.45) is 2.84. The van der Waals surface area contributed by atoms with Crippen LogP contribution < -0.4 is 0 Å². The van der Waals surface area contributed by atoms with Crippen LogP contribution in [0.1, 0.15) is 50.3 Å². The molecule has 0 saturated carbocycles. The maximum Gasteiger partial charge on any atom is 0.254 e. The maximum atomic E-state index is 13.2. The number of hydrogen-bond acceptors (Lipinski definition) is 2. The van der Waals surface area contributed by atoms with E-state index in [0.717, 1.165) is 30.4 Å². The van der Waals surface area contributed by atoms with Gasteiger partial charge in [-0.1, -0.05) is 6.07 Å². The lowest BCUT2D eigenvalue weighted by atomic mass is 9.90. The molecule has 1 aromatic rings. The molecule has 3 nitrogen and oxygen atoms in total. The summed E-state index contributed by atoms with van der Waals surface area (Å²) < 4.78 is 13.2. The van der Waals surface area contributed by atoms with Gasteiger partial charge in [-0.2, -0.15) is 0 Å². The van der Waals surface area contributed by atoms with Gasteiger partial charge in [-0.05, 0) is 63.3 Å². The van der Waals surface area contributed by atoms with Gasteiger partial charge in [0.25, 0.3) is 5.91 Å². The van der Waals surface area contributed by atoms with Crippen LogP contribution in [0.5, 0.6) is 0 Å². The molecule has 1 fully saturated rings. The molecule has 2 rings (SSSR count). The van der Waals surface area contributed by atoms with Crippen molar-refractivity contribution in [1.82, 2.24) is 4.90 Å². The molecule has 1 aliphatic heterocycles. The number of benzene rings is 1. The van der Waals surface area contributed by atoms with Crippen molar-refractivity contribution < 1.29 is 14.3 Å². The van der Waals surface area contributed by atoms with Gasteiger partial charge in [-0.15, -0.1) is 0 Å². The highest BCUT2D eigenvalue weighted by Gasteiger charge is 2.36. The molecule has 1 N–H and O–H groups in total. The van der Waals surface area contributed by atoms with Gasteiger partial charge in [0.1, 0.15) is 11.4 Å². The van der Waals surface area contributed by atoms with E-state index >= 15 is 0 Å². The van der Waals surface area contributed by atoms with Crippen molar-refractivity contribution in [3.63, 3.8) is 0 Å². The summed E-state index contributed by atoms with van der Waals surface area (Å²) in [5.74, 6) is -0.520. The second-order valence-corrected chi connectivity index (χ2v) is 6.07. The monoisotopic (exact) mass is 279 g/mol. The van der Waals surface area contributed by atoms with Crippen LogP contribution in [0.3, 0.4) is 0 Å². The van der Waals surface area contributed by atoms with Gasteiger partial charge in [0, 0.05) is 6.54 Å². The van der Waals surface area contributed by atoms with Crippen LogP contribution in [0.25, 0.3) is 0 Å². The Morgan fingerprint density at radius 2 is 2.10 bits per heavy atom. The average Bonchev–Trinajstić information content (AvgIpc) is 2.37. The molecule has 1 aliphatic rings. The molecular weight excluding hydrogens is 257 g/mol. The van der Waals surface area contributed by atoms with Crippen LogP contribution in [0.15, 0.2) is 18.2 Å².